The molecular weight excluding hydrogens is 171 g/mol. The summed E-state index contributed by atoms with van der Waals surface area (Å²) in [4.78, 5) is 7.09. The van der Waals surface area contributed by atoms with Gasteiger partial charge in [-0.15, -0.1) is 0 Å². The van der Waals surface area contributed by atoms with Crippen LogP contribution >= 0.6 is 0 Å². The zero-order valence-corrected chi connectivity index (χ0v) is 6.80. The van der Waals surface area contributed by atoms with Gasteiger partial charge in [-0.1, -0.05) is 0 Å². The van der Waals surface area contributed by atoms with Crippen LogP contribution in [-0.4, -0.2) is 25.2 Å². The summed E-state index contributed by atoms with van der Waals surface area (Å²) in [5, 5.41) is 0. The molecule has 0 aliphatic rings. The Kier molecular flexibility index (Phi) is 8.79. The molecule has 0 atom stereocenters. The van der Waals surface area contributed by atoms with E-state index < -0.39 is 19.8 Å². The van der Waals surface area contributed by atoms with E-state index in [4.69, 9.17) is 0 Å². The molecule has 1 radical (unpaired) electrons. The Hall–Kier alpha value is 0.759. The van der Waals surface area contributed by atoms with E-state index in [-0.39, 0.29) is 5.48 Å². The Morgan fingerprint density at radius 2 is 1.00 bits per heavy atom. The van der Waals surface area contributed by atoms with Crippen LogP contribution < -0.4 is 0 Å². The predicted octanol–water partition coefficient (Wildman–Crippen LogP) is 1.19. The first kappa shape index (κ1) is 9.23. The Morgan fingerprint density at radius 1 is 1.00 bits per heavy atom. The Balaban J connectivity index is 0. The molecule has 0 bridgehead atoms. The van der Waals surface area contributed by atoms with Crippen LogP contribution in [0.1, 0.15) is 0 Å². The van der Waals surface area contributed by atoms with Crippen molar-refractivity contribution in [3.8, 4) is 0 Å². The van der Waals surface area contributed by atoms with Gasteiger partial charge in [0.05, 0.1) is 0 Å². The van der Waals surface area contributed by atoms with E-state index in [1.165, 1.54) is 0 Å². The van der Waals surface area contributed by atoms with Crippen LogP contribution in [0.3, 0.4) is 0 Å². The zero-order chi connectivity index (χ0) is 3.58. The summed E-state index contributed by atoms with van der Waals surface area (Å²) in [5.74, 6) is 0. The van der Waals surface area contributed by atoms with Gasteiger partial charge in [0, 0.05) is 0 Å². The molecule has 0 fully saturated rings. The van der Waals surface area contributed by atoms with E-state index in [0.717, 1.165) is 0 Å². The third kappa shape index (κ3) is 62.9. The molecule has 1 nitrogen and oxygen atoms in total. The van der Waals surface area contributed by atoms with E-state index in [1.807, 2.05) is 0 Å². The molecular formula is C3H10OSn-. The maximum absolute atomic E-state index is 2.36. The van der Waals surface area contributed by atoms with Crippen LogP contribution in [0.4, 0.5) is 0 Å². The average Bonchev–Trinajstić information content (AvgIpc) is 0.811. The van der Waals surface area contributed by atoms with Crippen molar-refractivity contribution < 1.29 is 5.48 Å². The van der Waals surface area contributed by atoms with Gasteiger partial charge in [0.2, 0.25) is 0 Å². The molecule has 33 valence electrons. The first-order valence-corrected chi connectivity index (χ1v) is 10.1. The van der Waals surface area contributed by atoms with Gasteiger partial charge in [0.25, 0.3) is 0 Å². The SMILES string of the molecule is [CH3][Sn]([CH3])[CH3].[OH-]. The summed E-state index contributed by atoms with van der Waals surface area (Å²) < 4.78 is 0. The Bertz CT molecular complexity index is 11.6. The molecule has 0 aromatic carbocycles. The van der Waals surface area contributed by atoms with Gasteiger partial charge in [-0.25, -0.2) is 0 Å². The molecule has 0 aliphatic heterocycles. The summed E-state index contributed by atoms with van der Waals surface area (Å²) in [7, 11) is 0. The second-order valence-electron chi connectivity index (χ2n) is 1.50. The maximum atomic E-state index is 2.36. The van der Waals surface area contributed by atoms with Crippen molar-refractivity contribution in [2.24, 2.45) is 0 Å². The molecule has 0 aromatic rings. The first-order chi connectivity index (χ1) is 1.73. The zero-order valence-electron chi connectivity index (χ0n) is 3.95. The van der Waals surface area contributed by atoms with Crippen molar-refractivity contribution in [3.63, 3.8) is 0 Å². The molecule has 0 amide bonds. The summed E-state index contributed by atoms with van der Waals surface area (Å²) in [5.41, 5.74) is 0. The standard InChI is InChI=1S/3CH3.H2O.Sn/h3*1H3;1H2;/p-1. The smallest absolute Gasteiger partial charge is 0.870 e. The topological polar surface area (TPSA) is 30.0 Å². The van der Waals surface area contributed by atoms with Crippen molar-refractivity contribution in [3.05, 3.63) is 0 Å². The van der Waals surface area contributed by atoms with Gasteiger partial charge in [0.15, 0.2) is 0 Å². The molecule has 0 saturated carbocycles. The predicted molar refractivity (Wildman–Crippen MR) is 25.3 cm³/mol. The minimum Gasteiger partial charge on any atom is -0.870 e. The first-order valence-electron chi connectivity index (χ1n) is 1.50. The fourth-order valence-electron chi connectivity index (χ4n) is 0. The fraction of sp³-hybridized carbons (Fsp3) is 1.00. The second kappa shape index (κ2) is 4.76. The second-order valence-corrected chi connectivity index (χ2v) is 10.1. The van der Waals surface area contributed by atoms with E-state index in [2.05, 4.69) is 14.8 Å². The van der Waals surface area contributed by atoms with Gasteiger partial charge in [0.1, 0.15) is 0 Å². The average molecular weight is 181 g/mol. The van der Waals surface area contributed by atoms with Crippen LogP contribution in [-0.2, 0) is 0 Å². The molecule has 2 heteroatoms. The number of hydrogen-bond acceptors (Lipinski definition) is 1. The largest absolute Gasteiger partial charge is 0.870 e. The van der Waals surface area contributed by atoms with Crippen molar-refractivity contribution >= 4 is 19.8 Å². The van der Waals surface area contributed by atoms with Crippen molar-refractivity contribution in [2.45, 2.75) is 14.8 Å². The van der Waals surface area contributed by atoms with Gasteiger partial charge in [-0.3, -0.25) is 0 Å². The number of hydrogen-bond donors (Lipinski definition) is 0. The molecule has 0 unspecified atom stereocenters. The van der Waals surface area contributed by atoms with Gasteiger partial charge >= 0.3 is 34.6 Å². The van der Waals surface area contributed by atoms with Crippen LogP contribution in [0.25, 0.3) is 0 Å². The minimum atomic E-state index is -0.543. The van der Waals surface area contributed by atoms with Gasteiger partial charge in [-0.05, 0) is 0 Å². The number of rotatable bonds is 0. The fourth-order valence-corrected chi connectivity index (χ4v) is 0. The van der Waals surface area contributed by atoms with Crippen molar-refractivity contribution in [2.75, 3.05) is 0 Å². The summed E-state index contributed by atoms with van der Waals surface area (Å²) in [6, 6.07) is 0. The summed E-state index contributed by atoms with van der Waals surface area (Å²) in [6.45, 7) is 0. The third-order valence-electron chi connectivity index (χ3n) is 0. The van der Waals surface area contributed by atoms with Crippen LogP contribution in [0.2, 0.25) is 14.8 Å². The van der Waals surface area contributed by atoms with Crippen LogP contribution in [0, 0.1) is 0 Å². The third-order valence-corrected chi connectivity index (χ3v) is 0. The van der Waals surface area contributed by atoms with Gasteiger partial charge in [-0.2, -0.15) is 0 Å². The van der Waals surface area contributed by atoms with E-state index in [0.29, 0.717) is 0 Å². The molecule has 0 rings (SSSR count). The molecule has 0 spiro atoms. The Morgan fingerprint density at radius 3 is 1.00 bits per heavy atom. The Labute approximate surface area is 40.4 Å². The van der Waals surface area contributed by atoms with Crippen molar-refractivity contribution in [1.29, 1.82) is 0 Å². The quantitative estimate of drug-likeness (QED) is 0.516. The minimum absolute atomic E-state index is 0. The van der Waals surface area contributed by atoms with Crippen LogP contribution in [0.15, 0.2) is 0 Å². The molecule has 0 aromatic heterocycles. The monoisotopic (exact) mass is 182 g/mol. The molecule has 1 N–H and O–H groups in total. The van der Waals surface area contributed by atoms with E-state index >= 15 is 0 Å². The van der Waals surface area contributed by atoms with E-state index in [9.17, 15) is 0 Å². The summed E-state index contributed by atoms with van der Waals surface area (Å²) >= 11 is -0.543. The molecule has 0 aliphatic carbocycles. The normalized spacial score (nSPS) is 7.20. The van der Waals surface area contributed by atoms with E-state index in [1.54, 1.807) is 0 Å². The van der Waals surface area contributed by atoms with Gasteiger partial charge < -0.3 is 5.48 Å². The van der Waals surface area contributed by atoms with Crippen molar-refractivity contribution in [1.82, 2.24) is 0 Å². The molecule has 5 heavy (non-hydrogen) atoms. The summed E-state index contributed by atoms with van der Waals surface area (Å²) in [6.07, 6.45) is 0. The van der Waals surface area contributed by atoms with Crippen LogP contribution in [0.5, 0.6) is 0 Å². The molecule has 0 heterocycles. The maximum Gasteiger partial charge on any atom is -0.870 e. The molecule has 0 saturated heterocycles.